The van der Waals surface area contributed by atoms with Crippen molar-refractivity contribution < 1.29 is 19.1 Å². The zero-order valence-electron chi connectivity index (χ0n) is 24.9. The van der Waals surface area contributed by atoms with Crippen LogP contribution in [-0.2, 0) is 11.3 Å². The van der Waals surface area contributed by atoms with E-state index in [-0.39, 0.29) is 5.91 Å². The van der Waals surface area contributed by atoms with Crippen LogP contribution >= 0.6 is 0 Å². The van der Waals surface area contributed by atoms with Crippen LogP contribution in [0.1, 0.15) is 58.8 Å². The lowest BCUT2D eigenvalue weighted by atomic mass is 9.99. The van der Waals surface area contributed by atoms with Gasteiger partial charge in [-0.15, -0.1) is 0 Å². The lowest BCUT2D eigenvalue weighted by Crippen LogP contribution is -2.48. The zero-order valence-corrected chi connectivity index (χ0v) is 24.9. The van der Waals surface area contributed by atoms with E-state index in [1.54, 1.807) is 12.1 Å². The summed E-state index contributed by atoms with van der Waals surface area (Å²) >= 11 is 0. The number of aryl methyl sites for hydroxylation is 2. The first-order valence-corrected chi connectivity index (χ1v) is 14.5. The smallest absolute Gasteiger partial charge is 0.437 e. The summed E-state index contributed by atoms with van der Waals surface area (Å²) in [4.78, 5) is 29.2. The number of hydrogen-bond acceptors (Lipinski definition) is 7. The molecule has 1 atom stereocenters. The van der Waals surface area contributed by atoms with Crippen LogP contribution < -0.4 is 15.0 Å². The molecule has 42 heavy (non-hydrogen) atoms. The van der Waals surface area contributed by atoms with Crippen molar-refractivity contribution in [1.82, 2.24) is 10.2 Å². The van der Waals surface area contributed by atoms with Crippen LogP contribution in [0, 0.1) is 25.2 Å². The van der Waals surface area contributed by atoms with Gasteiger partial charge in [0, 0.05) is 49.5 Å². The molecule has 3 aromatic carbocycles. The number of nitrogens with zero attached hydrogens (tertiary/aromatic N) is 3. The largest absolute Gasteiger partial charge is 0.513 e. The maximum absolute atomic E-state index is 12.8. The predicted octanol–water partition coefficient (Wildman–Crippen LogP) is 6.00. The molecule has 1 aliphatic rings. The molecule has 0 aliphatic carbocycles. The van der Waals surface area contributed by atoms with E-state index in [9.17, 15) is 14.9 Å². The maximum atomic E-state index is 12.8. The van der Waals surface area contributed by atoms with Gasteiger partial charge < -0.3 is 24.6 Å². The van der Waals surface area contributed by atoms with Crippen LogP contribution in [0.25, 0.3) is 0 Å². The van der Waals surface area contributed by atoms with E-state index in [1.165, 1.54) is 7.11 Å². The van der Waals surface area contributed by atoms with Crippen molar-refractivity contribution in [1.29, 1.82) is 5.26 Å². The highest BCUT2D eigenvalue weighted by Gasteiger charge is 2.27. The third-order valence-corrected chi connectivity index (χ3v) is 8.06. The van der Waals surface area contributed by atoms with Crippen molar-refractivity contribution in [2.24, 2.45) is 0 Å². The summed E-state index contributed by atoms with van der Waals surface area (Å²) < 4.78 is 9.77. The number of carbonyl (C=O) groups is 2. The highest BCUT2D eigenvalue weighted by molar-refractivity contribution is 5.97. The summed E-state index contributed by atoms with van der Waals surface area (Å²) in [5.41, 5.74) is 5.50. The SMILES string of the molecule is COC(=O)Oc1ccc(N(Cc2cccc(C#N)c2)C2CCN(C(C)CCNC(=O)c3c(C)cccc3C)CC2)cc1. The maximum Gasteiger partial charge on any atom is 0.513 e. The molecular weight excluding hydrogens is 528 g/mol. The Morgan fingerprint density at radius 3 is 2.36 bits per heavy atom. The van der Waals surface area contributed by atoms with Crippen molar-refractivity contribution in [3.8, 4) is 11.8 Å². The molecule has 0 spiro atoms. The number of likely N-dealkylation sites (tertiary alicyclic amines) is 1. The molecule has 0 saturated carbocycles. The van der Waals surface area contributed by atoms with Gasteiger partial charge in [-0.05, 0) is 93.1 Å². The minimum Gasteiger partial charge on any atom is -0.437 e. The molecule has 1 N–H and O–H groups in total. The summed E-state index contributed by atoms with van der Waals surface area (Å²) in [7, 11) is 1.28. The molecule has 1 unspecified atom stereocenters. The second-order valence-corrected chi connectivity index (χ2v) is 10.9. The molecule has 220 valence electrons. The molecule has 0 aromatic heterocycles. The number of anilines is 1. The number of amides is 1. The van der Waals surface area contributed by atoms with Gasteiger partial charge in [0.05, 0.1) is 18.7 Å². The summed E-state index contributed by atoms with van der Waals surface area (Å²) in [6, 6.07) is 24.0. The lowest BCUT2D eigenvalue weighted by Gasteiger charge is -2.42. The first-order chi connectivity index (χ1) is 20.3. The monoisotopic (exact) mass is 568 g/mol. The molecule has 1 heterocycles. The summed E-state index contributed by atoms with van der Waals surface area (Å²) in [6.07, 6.45) is 2.10. The van der Waals surface area contributed by atoms with Crippen molar-refractivity contribution in [3.05, 3.63) is 94.5 Å². The van der Waals surface area contributed by atoms with E-state index in [0.717, 1.165) is 60.3 Å². The number of rotatable bonds is 10. The van der Waals surface area contributed by atoms with Gasteiger partial charge in [0.15, 0.2) is 0 Å². The van der Waals surface area contributed by atoms with Gasteiger partial charge in [0.1, 0.15) is 5.75 Å². The summed E-state index contributed by atoms with van der Waals surface area (Å²) in [5.74, 6) is 0.418. The van der Waals surface area contributed by atoms with E-state index in [2.05, 4.69) is 32.8 Å². The number of piperidine rings is 1. The number of hydrogen-bond donors (Lipinski definition) is 1. The fraction of sp³-hybridized carbons (Fsp3) is 0.382. The van der Waals surface area contributed by atoms with Gasteiger partial charge in [0.2, 0.25) is 0 Å². The van der Waals surface area contributed by atoms with Gasteiger partial charge in [-0.25, -0.2) is 4.79 Å². The highest BCUT2D eigenvalue weighted by atomic mass is 16.7. The minimum atomic E-state index is -0.751. The molecule has 3 aromatic rings. The molecule has 4 rings (SSSR count). The molecule has 1 saturated heterocycles. The van der Waals surface area contributed by atoms with E-state index < -0.39 is 6.16 Å². The molecule has 8 heteroatoms. The predicted molar refractivity (Wildman–Crippen MR) is 164 cm³/mol. The van der Waals surface area contributed by atoms with E-state index >= 15 is 0 Å². The Hall–Kier alpha value is -4.35. The number of ether oxygens (including phenoxy) is 2. The van der Waals surface area contributed by atoms with Crippen molar-refractivity contribution in [2.75, 3.05) is 31.6 Å². The second-order valence-electron chi connectivity index (χ2n) is 10.9. The average molecular weight is 569 g/mol. The molecule has 8 nitrogen and oxygen atoms in total. The van der Waals surface area contributed by atoms with Crippen molar-refractivity contribution in [2.45, 2.75) is 58.7 Å². The molecule has 1 amide bonds. The van der Waals surface area contributed by atoms with Crippen molar-refractivity contribution >= 4 is 17.7 Å². The van der Waals surface area contributed by atoms with E-state index in [4.69, 9.17) is 4.74 Å². The van der Waals surface area contributed by atoms with Crippen LogP contribution in [0.4, 0.5) is 10.5 Å². The Morgan fingerprint density at radius 2 is 1.71 bits per heavy atom. The Kier molecular flexibility index (Phi) is 10.6. The van der Waals surface area contributed by atoms with Crippen LogP contribution in [0.5, 0.6) is 5.75 Å². The third-order valence-electron chi connectivity index (χ3n) is 8.06. The van der Waals surface area contributed by atoms with Gasteiger partial charge in [0.25, 0.3) is 5.91 Å². The number of nitriles is 1. The molecular formula is C34H40N4O4. The first kappa shape index (κ1) is 30.6. The standard InChI is InChI=1S/C34H40N4O4/c1-24-7-5-8-25(2)32(24)33(39)36-18-15-26(3)37-19-16-30(17-20-37)38(23-28-10-6-9-27(21-28)22-35)29-11-13-31(14-12-29)42-34(40)41-4/h5-14,21,26,30H,15-20,23H2,1-4H3,(H,36,39). The summed E-state index contributed by atoms with van der Waals surface area (Å²) in [5, 5.41) is 12.5. The van der Waals surface area contributed by atoms with Crippen LogP contribution in [0.15, 0.2) is 66.7 Å². The molecule has 0 bridgehead atoms. The number of benzene rings is 3. The van der Waals surface area contributed by atoms with Crippen LogP contribution in [-0.4, -0.2) is 55.8 Å². The van der Waals surface area contributed by atoms with Gasteiger partial charge >= 0.3 is 6.16 Å². The normalized spacial score (nSPS) is 14.5. The Morgan fingerprint density at radius 1 is 1.05 bits per heavy atom. The second kappa shape index (κ2) is 14.5. The van der Waals surface area contributed by atoms with Gasteiger partial charge in [-0.2, -0.15) is 5.26 Å². The lowest BCUT2D eigenvalue weighted by molar-refractivity contribution is 0.0943. The molecule has 0 radical (unpaired) electrons. The Balaban J connectivity index is 1.38. The number of methoxy groups -OCH3 is 1. The zero-order chi connectivity index (χ0) is 30.1. The van der Waals surface area contributed by atoms with Crippen molar-refractivity contribution in [3.63, 3.8) is 0 Å². The van der Waals surface area contributed by atoms with Crippen LogP contribution in [0.3, 0.4) is 0 Å². The van der Waals surface area contributed by atoms with E-state index in [1.807, 2.05) is 68.4 Å². The topological polar surface area (TPSA) is 94.9 Å². The first-order valence-electron chi connectivity index (χ1n) is 14.5. The average Bonchev–Trinajstić information content (AvgIpc) is 3.00. The quantitative estimate of drug-likeness (QED) is 0.237. The Labute approximate surface area is 248 Å². The fourth-order valence-corrected chi connectivity index (χ4v) is 5.69. The van der Waals surface area contributed by atoms with Gasteiger partial charge in [-0.1, -0.05) is 30.3 Å². The molecule has 1 fully saturated rings. The minimum absolute atomic E-state index is 0.00405. The third kappa shape index (κ3) is 7.89. The van der Waals surface area contributed by atoms with E-state index in [0.29, 0.717) is 36.5 Å². The molecule has 1 aliphatic heterocycles. The number of nitrogens with one attached hydrogen (secondary N) is 1. The highest BCUT2D eigenvalue weighted by Crippen LogP contribution is 2.29. The number of carbonyl (C=O) groups excluding carboxylic acids is 2. The van der Waals surface area contributed by atoms with Crippen LogP contribution in [0.2, 0.25) is 0 Å². The fourth-order valence-electron chi connectivity index (χ4n) is 5.69. The summed E-state index contributed by atoms with van der Waals surface area (Å²) in [6.45, 7) is 9.39. The Bertz CT molecular complexity index is 1390. The van der Waals surface area contributed by atoms with Gasteiger partial charge in [-0.3, -0.25) is 4.79 Å².